The van der Waals surface area contributed by atoms with Gasteiger partial charge < -0.3 is 10.4 Å². The van der Waals surface area contributed by atoms with E-state index in [4.69, 9.17) is 0 Å². The maximum absolute atomic E-state index is 9.46. The van der Waals surface area contributed by atoms with Gasteiger partial charge in [-0.3, -0.25) is 0 Å². The van der Waals surface area contributed by atoms with E-state index in [1.165, 1.54) is 42.5 Å². The largest absolute Gasteiger partial charge is 0.396 e. The summed E-state index contributed by atoms with van der Waals surface area (Å²) in [5.74, 6) is 0.456. The number of nitrogens with one attached hydrogen (secondary N) is 1. The summed E-state index contributed by atoms with van der Waals surface area (Å²) in [6.45, 7) is 3.47. The molecule has 96 valence electrons. The maximum atomic E-state index is 9.46. The van der Waals surface area contributed by atoms with Crippen molar-refractivity contribution in [1.29, 1.82) is 0 Å². The van der Waals surface area contributed by atoms with Crippen LogP contribution in [0.25, 0.3) is 0 Å². The van der Waals surface area contributed by atoms with Crippen molar-refractivity contribution in [2.45, 2.75) is 51.6 Å². The van der Waals surface area contributed by atoms with Crippen molar-refractivity contribution < 1.29 is 5.11 Å². The number of aryl methyl sites for hydroxylation is 1. The van der Waals surface area contributed by atoms with Gasteiger partial charge in [-0.1, -0.05) is 19.3 Å². The molecule has 0 aliphatic heterocycles. The fourth-order valence-electron chi connectivity index (χ4n) is 2.68. The first-order valence-electron chi connectivity index (χ1n) is 6.68. The number of aliphatic hydroxyl groups is 1. The lowest BCUT2D eigenvalue weighted by molar-refractivity contribution is 0.181. The van der Waals surface area contributed by atoms with Gasteiger partial charge in [0.25, 0.3) is 0 Å². The van der Waals surface area contributed by atoms with Gasteiger partial charge in [-0.25, -0.2) is 0 Å². The van der Waals surface area contributed by atoms with Crippen LogP contribution >= 0.6 is 11.3 Å². The molecule has 1 aromatic heterocycles. The van der Waals surface area contributed by atoms with Crippen LogP contribution in [0, 0.1) is 12.8 Å². The number of aliphatic hydroxyl groups excluding tert-OH is 1. The molecule has 0 amide bonds. The van der Waals surface area contributed by atoms with Crippen molar-refractivity contribution in [3.63, 3.8) is 0 Å². The molecule has 0 saturated heterocycles. The SMILES string of the molecule is Cc1ccsc1CNC1CCCCCC1CO. The molecule has 1 aliphatic carbocycles. The van der Waals surface area contributed by atoms with E-state index in [2.05, 4.69) is 23.7 Å². The Kier molecular flexibility index (Phi) is 5.01. The Morgan fingerprint density at radius 3 is 2.88 bits per heavy atom. The van der Waals surface area contributed by atoms with E-state index in [0.717, 1.165) is 6.54 Å². The van der Waals surface area contributed by atoms with E-state index < -0.39 is 0 Å². The van der Waals surface area contributed by atoms with Gasteiger partial charge in [0, 0.05) is 24.1 Å². The minimum atomic E-state index is 0.334. The zero-order valence-electron chi connectivity index (χ0n) is 10.6. The molecule has 0 spiro atoms. The van der Waals surface area contributed by atoms with Gasteiger partial charge in [-0.2, -0.15) is 0 Å². The van der Waals surface area contributed by atoms with Gasteiger partial charge >= 0.3 is 0 Å². The molecule has 1 aliphatic rings. The van der Waals surface area contributed by atoms with Crippen LogP contribution in [-0.4, -0.2) is 17.8 Å². The highest BCUT2D eigenvalue weighted by Crippen LogP contribution is 2.24. The quantitative estimate of drug-likeness (QED) is 0.808. The first-order valence-corrected chi connectivity index (χ1v) is 7.56. The van der Waals surface area contributed by atoms with E-state index in [1.807, 2.05) is 11.3 Å². The van der Waals surface area contributed by atoms with Crippen LogP contribution in [-0.2, 0) is 6.54 Å². The van der Waals surface area contributed by atoms with Crippen molar-refractivity contribution in [1.82, 2.24) is 5.32 Å². The summed E-state index contributed by atoms with van der Waals surface area (Å²) in [5, 5.41) is 15.3. The summed E-state index contributed by atoms with van der Waals surface area (Å²) in [6, 6.07) is 2.68. The lowest BCUT2D eigenvalue weighted by atomic mass is 9.95. The summed E-state index contributed by atoms with van der Waals surface area (Å²) in [5.41, 5.74) is 1.39. The highest BCUT2D eigenvalue weighted by atomic mass is 32.1. The Labute approximate surface area is 108 Å². The molecule has 3 heteroatoms. The van der Waals surface area contributed by atoms with Crippen LogP contribution < -0.4 is 5.32 Å². The lowest BCUT2D eigenvalue weighted by Crippen LogP contribution is -2.36. The van der Waals surface area contributed by atoms with Crippen LogP contribution in [0.3, 0.4) is 0 Å². The first kappa shape index (κ1) is 13.1. The summed E-state index contributed by atoms with van der Waals surface area (Å²) in [7, 11) is 0. The number of hydrogen-bond acceptors (Lipinski definition) is 3. The molecule has 1 heterocycles. The van der Waals surface area contributed by atoms with Gasteiger partial charge in [-0.15, -0.1) is 11.3 Å². The number of rotatable bonds is 4. The summed E-state index contributed by atoms with van der Waals surface area (Å²) >= 11 is 1.83. The third-order valence-corrected chi connectivity index (χ3v) is 4.91. The normalized spacial score (nSPS) is 25.8. The van der Waals surface area contributed by atoms with Crippen molar-refractivity contribution >= 4 is 11.3 Å². The van der Waals surface area contributed by atoms with Crippen LogP contribution in [0.1, 0.15) is 42.5 Å². The summed E-state index contributed by atoms with van der Waals surface area (Å²) < 4.78 is 0. The van der Waals surface area contributed by atoms with Crippen molar-refractivity contribution in [2.24, 2.45) is 5.92 Å². The molecule has 0 bridgehead atoms. The van der Waals surface area contributed by atoms with E-state index in [-0.39, 0.29) is 0 Å². The van der Waals surface area contributed by atoms with Crippen molar-refractivity contribution in [3.8, 4) is 0 Å². The molecule has 1 saturated carbocycles. The van der Waals surface area contributed by atoms with E-state index in [0.29, 0.717) is 18.6 Å². The molecule has 0 aromatic carbocycles. The second-order valence-electron chi connectivity index (χ2n) is 5.09. The van der Waals surface area contributed by atoms with Gasteiger partial charge in [0.2, 0.25) is 0 Å². The van der Waals surface area contributed by atoms with Crippen LogP contribution in [0.5, 0.6) is 0 Å². The Bertz CT molecular complexity index is 337. The fraction of sp³-hybridized carbons (Fsp3) is 0.714. The number of hydrogen-bond donors (Lipinski definition) is 2. The monoisotopic (exact) mass is 253 g/mol. The lowest BCUT2D eigenvalue weighted by Gasteiger charge is -2.24. The fourth-order valence-corrected chi connectivity index (χ4v) is 3.54. The molecule has 0 radical (unpaired) electrons. The Balaban J connectivity index is 1.89. The Morgan fingerprint density at radius 2 is 2.18 bits per heavy atom. The van der Waals surface area contributed by atoms with Crippen LogP contribution in [0.4, 0.5) is 0 Å². The first-order chi connectivity index (χ1) is 8.31. The third kappa shape index (κ3) is 3.54. The summed E-state index contributed by atoms with van der Waals surface area (Å²) in [6.07, 6.45) is 6.30. The minimum Gasteiger partial charge on any atom is -0.396 e. The molecular formula is C14H23NOS. The van der Waals surface area contributed by atoms with Gasteiger partial charge in [0.05, 0.1) is 0 Å². The molecule has 1 fully saturated rings. The van der Waals surface area contributed by atoms with E-state index >= 15 is 0 Å². The highest BCUT2D eigenvalue weighted by Gasteiger charge is 2.22. The zero-order valence-corrected chi connectivity index (χ0v) is 11.4. The second-order valence-corrected chi connectivity index (χ2v) is 6.10. The molecule has 2 unspecified atom stereocenters. The molecule has 2 nitrogen and oxygen atoms in total. The molecular weight excluding hydrogens is 230 g/mol. The second kappa shape index (κ2) is 6.53. The van der Waals surface area contributed by atoms with Crippen LogP contribution in [0.2, 0.25) is 0 Å². The van der Waals surface area contributed by atoms with Crippen molar-refractivity contribution in [2.75, 3.05) is 6.61 Å². The smallest absolute Gasteiger partial charge is 0.0474 e. The van der Waals surface area contributed by atoms with E-state index in [1.54, 1.807) is 0 Å². The standard InChI is InChI=1S/C14H23NOS/c1-11-7-8-17-14(11)9-15-13-6-4-2-3-5-12(13)10-16/h7-8,12-13,15-16H,2-6,9-10H2,1H3. The molecule has 2 rings (SSSR count). The van der Waals surface area contributed by atoms with Gasteiger partial charge in [0.15, 0.2) is 0 Å². The predicted molar refractivity (Wildman–Crippen MR) is 73.3 cm³/mol. The average molecular weight is 253 g/mol. The van der Waals surface area contributed by atoms with Crippen molar-refractivity contribution in [3.05, 3.63) is 21.9 Å². The van der Waals surface area contributed by atoms with Gasteiger partial charge in [0.1, 0.15) is 0 Å². The summed E-state index contributed by atoms with van der Waals surface area (Å²) in [4.78, 5) is 1.44. The molecule has 2 N–H and O–H groups in total. The average Bonchev–Trinajstić information content (AvgIpc) is 2.63. The number of thiophene rings is 1. The molecule has 1 aromatic rings. The third-order valence-electron chi connectivity index (χ3n) is 3.89. The maximum Gasteiger partial charge on any atom is 0.0474 e. The van der Waals surface area contributed by atoms with E-state index in [9.17, 15) is 5.11 Å². The van der Waals surface area contributed by atoms with Gasteiger partial charge in [-0.05, 0) is 42.7 Å². The topological polar surface area (TPSA) is 32.3 Å². The Morgan fingerprint density at radius 1 is 1.35 bits per heavy atom. The highest BCUT2D eigenvalue weighted by molar-refractivity contribution is 7.10. The predicted octanol–water partition coefficient (Wildman–Crippen LogP) is 3.09. The molecule has 2 atom stereocenters. The Hall–Kier alpha value is -0.380. The van der Waals surface area contributed by atoms with Crippen LogP contribution in [0.15, 0.2) is 11.4 Å². The minimum absolute atomic E-state index is 0.334. The zero-order chi connectivity index (χ0) is 12.1. The molecule has 17 heavy (non-hydrogen) atoms.